The maximum absolute atomic E-state index is 13.1. The van der Waals surface area contributed by atoms with Gasteiger partial charge in [-0.1, -0.05) is 0 Å². The van der Waals surface area contributed by atoms with E-state index < -0.39 is 69.6 Å². The second kappa shape index (κ2) is 10.4. The Morgan fingerprint density at radius 3 is 0.929 bits per heavy atom. The molecule has 0 spiro atoms. The fourth-order valence-corrected chi connectivity index (χ4v) is 7.37. The predicted octanol–water partition coefficient (Wildman–Crippen LogP) is 2.96. The molecular weight excluding hydrogens is 546 g/mol. The predicted molar refractivity (Wildman–Crippen MR) is 153 cm³/mol. The van der Waals surface area contributed by atoms with Crippen LogP contribution in [0.1, 0.15) is 81.6 Å². The average molecular weight is 598 g/mol. The van der Waals surface area contributed by atoms with Crippen molar-refractivity contribution in [2.45, 2.75) is 115 Å². The van der Waals surface area contributed by atoms with Crippen molar-refractivity contribution in [2.75, 3.05) is 39.3 Å². The van der Waals surface area contributed by atoms with Gasteiger partial charge in [-0.25, -0.2) is 14.4 Å². The molecule has 4 rings (SSSR count). The zero-order chi connectivity index (χ0) is 31.7. The number of nitrogens with zero attached hydrogens (tertiary/aromatic N) is 3. The van der Waals surface area contributed by atoms with E-state index in [1.807, 2.05) is 0 Å². The summed E-state index contributed by atoms with van der Waals surface area (Å²) in [5, 5.41) is 37.4. The topological polar surface area (TPSA) is 149 Å². The number of carbonyl (C=O) groups is 3. The molecule has 0 aromatic rings. The SMILES string of the molecule is CC(C)(C)OC(=O)N1CCC2(O)C(C1)C1(O)CCN(C(=O)OC(C)(C)C)CC1C1(O)CCN(C(=O)OC(C)(C)C)CC21. The largest absolute Gasteiger partial charge is 0.444 e. The highest BCUT2D eigenvalue weighted by molar-refractivity contribution is 5.70. The van der Waals surface area contributed by atoms with Gasteiger partial charge in [-0.2, -0.15) is 0 Å². The number of likely N-dealkylation sites (tertiary alicyclic amines) is 3. The Morgan fingerprint density at radius 2 is 0.738 bits per heavy atom. The van der Waals surface area contributed by atoms with E-state index in [-0.39, 0.29) is 58.5 Å². The first-order valence-corrected chi connectivity index (χ1v) is 15.1. The van der Waals surface area contributed by atoms with Gasteiger partial charge < -0.3 is 44.2 Å². The molecule has 1 aliphatic carbocycles. The van der Waals surface area contributed by atoms with Crippen LogP contribution in [0.2, 0.25) is 0 Å². The first-order valence-electron chi connectivity index (χ1n) is 15.1. The van der Waals surface area contributed by atoms with Crippen molar-refractivity contribution in [1.82, 2.24) is 14.7 Å². The minimum atomic E-state index is -1.60. The maximum atomic E-state index is 13.1. The average Bonchev–Trinajstić information content (AvgIpc) is 2.80. The van der Waals surface area contributed by atoms with Crippen molar-refractivity contribution in [3.8, 4) is 0 Å². The van der Waals surface area contributed by atoms with Gasteiger partial charge >= 0.3 is 18.3 Å². The zero-order valence-corrected chi connectivity index (χ0v) is 26.7. The molecule has 4 aliphatic rings. The van der Waals surface area contributed by atoms with Crippen LogP contribution in [0.15, 0.2) is 0 Å². The molecule has 0 bridgehead atoms. The van der Waals surface area contributed by atoms with Gasteiger partial charge in [-0.05, 0) is 81.6 Å². The molecule has 0 aromatic heterocycles. The second-order valence-corrected chi connectivity index (χ2v) is 15.7. The van der Waals surface area contributed by atoms with E-state index in [1.54, 1.807) is 62.3 Å². The summed E-state index contributed by atoms with van der Waals surface area (Å²) in [4.78, 5) is 43.8. The number of aliphatic hydroxyl groups is 3. The van der Waals surface area contributed by atoms with E-state index in [9.17, 15) is 29.7 Å². The van der Waals surface area contributed by atoms with Crippen LogP contribution in [0.5, 0.6) is 0 Å². The third-order valence-electron chi connectivity index (χ3n) is 9.13. The molecule has 0 radical (unpaired) electrons. The number of hydrogen-bond donors (Lipinski definition) is 3. The molecule has 3 N–H and O–H groups in total. The van der Waals surface area contributed by atoms with Gasteiger partial charge in [0.2, 0.25) is 0 Å². The molecule has 240 valence electrons. The minimum absolute atomic E-state index is 0.00384. The lowest BCUT2D eigenvalue weighted by atomic mass is 9.46. The number of piperidine rings is 3. The lowest BCUT2D eigenvalue weighted by Crippen LogP contribution is -2.82. The Bertz CT molecular complexity index is 928. The third-order valence-corrected chi connectivity index (χ3v) is 9.13. The summed E-state index contributed by atoms with van der Waals surface area (Å²) in [6, 6.07) is 0. The monoisotopic (exact) mass is 597 g/mol. The van der Waals surface area contributed by atoms with E-state index in [1.165, 1.54) is 14.7 Å². The van der Waals surface area contributed by atoms with E-state index >= 15 is 0 Å². The van der Waals surface area contributed by atoms with Crippen LogP contribution in [0.4, 0.5) is 14.4 Å². The zero-order valence-electron chi connectivity index (χ0n) is 26.7. The van der Waals surface area contributed by atoms with Crippen molar-refractivity contribution >= 4 is 18.3 Å². The molecule has 12 nitrogen and oxygen atoms in total. The van der Waals surface area contributed by atoms with Crippen molar-refractivity contribution < 1.29 is 43.9 Å². The second-order valence-electron chi connectivity index (χ2n) is 15.7. The summed E-state index contributed by atoms with van der Waals surface area (Å²) in [5.74, 6) is -2.58. The van der Waals surface area contributed by atoms with Crippen LogP contribution in [-0.2, 0) is 14.2 Å². The summed E-state index contributed by atoms with van der Waals surface area (Å²) in [6.45, 7) is 16.4. The van der Waals surface area contributed by atoms with Crippen LogP contribution >= 0.6 is 0 Å². The summed E-state index contributed by atoms with van der Waals surface area (Å²) >= 11 is 0. The number of carbonyl (C=O) groups excluding carboxylic acids is 3. The van der Waals surface area contributed by atoms with Crippen LogP contribution in [0.3, 0.4) is 0 Å². The molecule has 42 heavy (non-hydrogen) atoms. The van der Waals surface area contributed by atoms with E-state index in [0.717, 1.165) is 0 Å². The maximum Gasteiger partial charge on any atom is 0.410 e. The quantitative estimate of drug-likeness (QED) is 0.358. The molecule has 4 fully saturated rings. The summed E-state index contributed by atoms with van der Waals surface area (Å²) in [5.41, 5.74) is -7.00. The minimum Gasteiger partial charge on any atom is -0.444 e. The third kappa shape index (κ3) is 6.17. The van der Waals surface area contributed by atoms with E-state index in [0.29, 0.717) is 0 Å². The van der Waals surface area contributed by atoms with Gasteiger partial charge in [-0.15, -0.1) is 0 Å². The van der Waals surface area contributed by atoms with Crippen molar-refractivity contribution in [1.29, 1.82) is 0 Å². The van der Waals surface area contributed by atoms with Gasteiger partial charge in [0.1, 0.15) is 16.8 Å². The number of fused-ring (bicyclic) bond motifs is 6. The Hall–Kier alpha value is -2.31. The van der Waals surface area contributed by atoms with Gasteiger partial charge in [0.15, 0.2) is 0 Å². The first kappa shape index (κ1) is 32.6. The van der Waals surface area contributed by atoms with Crippen LogP contribution in [-0.4, -0.2) is 121 Å². The van der Waals surface area contributed by atoms with E-state index in [4.69, 9.17) is 14.2 Å². The normalized spacial score (nSPS) is 35.4. The fraction of sp³-hybridized carbons (Fsp3) is 0.900. The molecule has 0 unspecified atom stereocenters. The van der Waals surface area contributed by atoms with Crippen molar-refractivity contribution in [2.24, 2.45) is 17.8 Å². The number of hydrogen-bond acceptors (Lipinski definition) is 9. The van der Waals surface area contributed by atoms with Crippen molar-refractivity contribution in [3.63, 3.8) is 0 Å². The van der Waals surface area contributed by atoms with Crippen molar-refractivity contribution in [3.05, 3.63) is 0 Å². The highest BCUT2D eigenvalue weighted by Gasteiger charge is 2.73. The molecule has 0 aromatic carbocycles. The lowest BCUT2D eigenvalue weighted by molar-refractivity contribution is -0.321. The Morgan fingerprint density at radius 1 is 0.524 bits per heavy atom. The Labute approximate surface area is 249 Å². The molecule has 1 saturated carbocycles. The standard InChI is InChI=1S/C30H51N3O9/c1-25(2,3)40-22(34)31-13-10-28(37)19(16-31)29(38)11-14-32(23(35)41-26(4,5)6)18-21(29)30(39)12-15-33(17-20(28)30)24(36)42-27(7,8)9/h19-21,37-39H,10-18H2,1-9H3. The first-order chi connectivity index (χ1) is 19.0. The van der Waals surface area contributed by atoms with Gasteiger partial charge in [0.05, 0.1) is 16.8 Å². The van der Waals surface area contributed by atoms with Gasteiger partial charge in [0.25, 0.3) is 0 Å². The van der Waals surface area contributed by atoms with Gasteiger partial charge in [0, 0.05) is 57.0 Å². The summed E-state index contributed by atoms with van der Waals surface area (Å²) in [7, 11) is 0. The molecule has 0 atom stereocenters. The van der Waals surface area contributed by atoms with E-state index in [2.05, 4.69) is 0 Å². The fourth-order valence-electron chi connectivity index (χ4n) is 7.37. The number of ether oxygens (including phenoxy) is 3. The van der Waals surface area contributed by atoms with Crippen LogP contribution in [0, 0.1) is 17.8 Å². The molecule has 12 heteroatoms. The Balaban J connectivity index is 1.71. The lowest BCUT2D eigenvalue weighted by Gasteiger charge is -2.69. The highest BCUT2D eigenvalue weighted by atomic mass is 16.6. The Kier molecular flexibility index (Phi) is 8.07. The molecule has 3 amide bonds. The summed E-state index contributed by atoms with van der Waals surface area (Å²) < 4.78 is 16.8. The number of rotatable bonds is 0. The molecule has 3 heterocycles. The molecular formula is C30H51N3O9. The molecule has 3 aliphatic heterocycles. The number of amides is 3. The summed E-state index contributed by atoms with van der Waals surface area (Å²) in [6.07, 6.45) is -1.40. The van der Waals surface area contributed by atoms with Gasteiger partial charge in [-0.3, -0.25) is 0 Å². The van der Waals surface area contributed by atoms with Crippen LogP contribution < -0.4 is 0 Å². The molecule has 3 saturated heterocycles. The smallest absolute Gasteiger partial charge is 0.410 e. The highest BCUT2D eigenvalue weighted by Crippen LogP contribution is 2.60. The van der Waals surface area contributed by atoms with Crippen LogP contribution in [0.25, 0.3) is 0 Å².